The largest absolute Gasteiger partial charge is 0.382 e. The molecular weight excluding hydrogens is 293 g/mol. The van der Waals surface area contributed by atoms with Gasteiger partial charge in [0.25, 0.3) is 0 Å². The average molecular weight is 314 g/mol. The predicted molar refractivity (Wildman–Crippen MR) is 78.4 cm³/mol. The zero-order valence-electron chi connectivity index (χ0n) is 11.3. The van der Waals surface area contributed by atoms with Gasteiger partial charge >= 0.3 is 0 Å². The molecule has 1 aromatic carbocycles. The summed E-state index contributed by atoms with van der Waals surface area (Å²) in [6.07, 6.45) is 3.68. The Bertz CT molecular complexity index is 423. The third-order valence-corrected chi connectivity index (χ3v) is 4.41. The van der Waals surface area contributed by atoms with Gasteiger partial charge in [-0.2, -0.15) is 0 Å². The molecule has 1 aliphatic carbocycles. The molecule has 1 N–H and O–H groups in total. The van der Waals surface area contributed by atoms with Crippen LogP contribution in [0.2, 0.25) is 0 Å². The van der Waals surface area contributed by atoms with Crippen molar-refractivity contribution in [3.63, 3.8) is 0 Å². The molecule has 2 rings (SSSR count). The van der Waals surface area contributed by atoms with Crippen molar-refractivity contribution in [3.8, 4) is 0 Å². The molecule has 0 amide bonds. The highest BCUT2D eigenvalue weighted by molar-refractivity contribution is 9.10. The van der Waals surface area contributed by atoms with Crippen molar-refractivity contribution in [2.24, 2.45) is 11.8 Å². The van der Waals surface area contributed by atoms with Crippen LogP contribution in [-0.4, -0.2) is 6.04 Å². The summed E-state index contributed by atoms with van der Waals surface area (Å²) in [4.78, 5) is 0. The molecule has 0 aliphatic heterocycles. The number of aryl methyl sites for hydroxylation is 1. The van der Waals surface area contributed by atoms with E-state index in [4.69, 9.17) is 0 Å². The number of rotatable bonds is 2. The Morgan fingerprint density at radius 1 is 1.17 bits per heavy atom. The molecule has 0 heterocycles. The van der Waals surface area contributed by atoms with Crippen LogP contribution in [0.5, 0.6) is 0 Å². The van der Waals surface area contributed by atoms with Crippen molar-refractivity contribution < 1.29 is 4.39 Å². The van der Waals surface area contributed by atoms with Crippen molar-refractivity contribution in [1.82, 2.24) is 0 Å². The lowest BCUT2D eigenvalue weighted by Crippen LogP contribution is -2.30. The molecule has 0 radical (unpaired) electrons. The molecule has 1 aliphatic rings. The van der Waals surface area contributed by atoms with E-state index in [-0.39, 0.29) is 5.82 Å². The fourth-order valence-electron chi connectivity index (χ4n) is 3.09. The summed E-state index contributed by atoms with van der Waals surface area (Å²) < 4.78 is 14.1. The van der Waals surface area contributed by atoms with E-state index in [9.17, 15) is 4.39 Å². The molecule has 1 aromatic rings. The second-order valence-corrected chi connectivity index (χ2v) is 6.69. The van der Waals surface area contributed by atoms with Gasteiger partial charge < -0.3 is 5.32 Å². The number of hydrogen-bond donors (Lipinski definition) is 1. The third kappa shape index (κ3) is 3.25. The van der Waals surface area contributed by atoms with Crippen molar-refractivity contribution >= 4 is 21.6 Å². The number of nitrogens with one attached hydrogen (secondary N) is 1. The lowest BCUT2D eigenvalue weighted by Gasteiger charge is -2.33. The zero-order valence-corrected chi connectivity index (χ0v) is 12.8. The summed E-state index contributed by atoms with van der Waals surface area (Å²) in [7, 11) is 0. The molecular formula is C15H21BrFN. The molecule has 1 saturated carbocycles. The smallest absolute Gasteiger partial charge is 0.139 e. The summed E-state index contributed by atoms with van der Waals surface area (Å²) in [5, 5.41) is 3.52. The number of benzene rings is 1. The van der Waals surface area contributed by atoms with Gasteiger partial charge in [-0.05, 0) is 71.6 Å². The van der Waals surface area contributed by atoms with E-state index in [1.54, 1.807) is 6.07 Å². The molecule has 1 nitrogen and oxygen atoms in total. The Kier molecular flexibility index (Phi) is 4.31. The van der Waals surface area contributed by atoms with Crippen LogP contribution in [0.1, 0.15) is 38.7 Å². The van der Waals surface area contributed by atoms with Crippen LogP contribution in [0, 0.1) is 24.6 Å². The van der Waals surface area contributed by atoms with Crippen LogP contribution < -0.4 is 5.32 Å². The molecule has 0 spiro atoms. The minimum Gasteiger partial charge on any atom is -0.382 e. The quantitative estimate of drug-likeness (QED) is 0.797. The van der Waals surface area contributed by atoms with Crippen LogP contribution in [0.3, 0.4) is 0 Å². The van der Waals surface area contributed by atoms with Gasteiger partial charge in [0.05, 0.1) is 4.47 Å². The van der Waals surface area contributed by atoms with Gasteiger partial charge in [-0.15, -0.1) is 0 Å². The Morgan fingerprint density at radius 2 is 1.78 bits per heavy atom. The van der Waals surface area contributed by atoms with Gasteiger partial charge in [0.15, 0.2) is 0 Å². The second kappa shape index (κ2) is 5.60. The summed E-state index contributed by atoms with van der Waals surface area (Å²) in [5.74, 6) is 1.32. The Hall–Kier alpha value is -0.570. The van der Waals surface area contributed by atoms with E-state index in [1.807, 2.05) is 13.0 Å². The predicted octanol–water partition coefficient (Wildman–Crippen LogP) is 5.13. The van der Waals surface area contributed by atoms with Gasteiger partial charge in [-0.1, -0.05) is 13.8 Å². The number of anilines is 1. The fraction of sp³-hybridized carbons (Fsp3) is 0.600. The summed E-state index contributed by atoms with van der Waals surface area (Å²) in [6, 6.07) is 3.92. The van der Waals surface area contributed by atoms with E-state index in [0.717, 1.165) is 23.1 Å². The number of hydrogen-bond acceptors (Lipinski definition) is 1. The van der Waals surface area contributed by atoms with Crippen LogP contribution in [-0.2, 0) is 0 Å². The molecule has 100 valence electrons. The first-order valence-corrected chi connectivity index (χ1v) is 7.47. The topological polar surface area (TPSA) is 12.0 Å². The monoisotopic (exact) mass is 313 g/mol. The standard InChI is InChI=1S/C15H21BrFN/c1-9-4-10(2)6-12(5-9)18-15-8-14(17)13(16)7-11(15)3/h7-10,12,18H,4-6H2,1-3H3. The zero-order chi connectivity index (χ0) is 13.3. The molecule has 0 saturated heterocycles. The lowest BCUT2D eigenvalue weighted by atomic mass is 9.80. The minimum absolute atomic E-state index is 0.194. The maximum atomic E-state index is 13.6. The fourth-order valence-corrected chi connectivity index (χ4v) is 3.54. The van der Waals surface area contributed by atoms with E-state index in [0.29, 0.717) is 10.5 Å². The van der Waals surface area contributed by atoms with Gasteiger partial charge in [0, 0.05) is 11.7 Å². The molecule has 2 atom stereocenters. The SMILES string of the molecule is Cc1cc(Br)c(F)cc1NC1CC(C)CC(C)C1. The third-order valence-electron chi connectivity index (χ3n) is 3.81. The molecule has 0 bridgehead atoms. The molecule has 18 heavy (non-hydrogen) atoms. The first-order chi connectivity index (χ1) is 8.45. The Labute approximate surface area is 117 Å². The van der Waals surface area contributed by atoms with E-state index >= 15 is 0 Å². The van der Waals surface area contributed by atoms with Crippen molar-refractivity contribution in [1.29, 1.82) is 0 Å². The van der Waals surface area contributed by atoms with Gasteiger partial charge in [0.2, 0.25) is 0 Å². The second-order valence-electron chi connectivity index (χ2n) is 5.84. The minimum atomic E-state index is -0.194. The molecule has 3 heteroatoms. The first-order valence-electron chi connectivity index (χ1n) is 6.68. The van der Waals surface area contributed by atoms with Crippen LogP contribution in [0.25, 0.3) is 0 Å². The highest BCUT2D eigenvalue weighted by Gasteiger charge is 2.24. The summed E-state index contributed by atoms with van der Waals surface area (Å²) in [6.45, 7) is 6.63. The molecule has 2 unspecified atom stereocenters. The van der Waals surface area contributed by atoms with Crippen molar-refractivity contribution in [2.75, 3.05) is 5.32 Å². The normalized spacial score (nSPS) is 28.2. The molecule has 1 fully saturated rings. The Morgan fingerprint density at radius 3 is 2.39 bits per heavy atom. The first kappa shape index (κ1) is 13.9. The van der Waals surface area contributed by atoms with Crippen LogP contribution in [0.15, 0.2) is 16.6 Å². The van der Waals surface area contributed by atoms with Gasteiger partial charge in [0.1, 0.15) is 5.82 Å². The van der Waals surface area contributed by atoms with Crippen molar-refractivity contribution in [2.45, 2.75) is 46.1 Å². The average Bonchev–Trinajstić information content (AvgIpc) is 2.24. The van der Waals surface area contributed by atoms with E-state index < -0.39 is 0 Å². The van der Waals surface area contributed by atoms with E-state index in [2.05, 4.69) is 35.1 Å². The highest BCUT2D eigenvalue weighted by Crippen LogP contribution is 2.32. The highest BCUT2D eigenvalue weighted by atomic mass is 79.9. The summed E-state index contributed by atoms with van der Waals surface area (Å²) in [5.41, 5.74) is 2.02. The lowest BCUT2D eigenvalue weighted by molar-refractivity contribution is 0.281. The Balaban J connectivity index is 2.11. The maximum Gasteiger partial charge on any atom is 0.139 e. The summed E-state index contributed by atoms with van der Waals surface area (Å²) >= 11 is 3.22. The van der Waals surface area contributed by atoms with Crippen LogP contribution in [0.4, 0.5) is 10.1 Å². The van der Waals surface area contributed by atoms with Gasteiger partial charge in [-0.25, -0.2) is 4.39 Å². The van der Waals surface area contributed by atoms with E-state index in [1.165, 1.54) is 19.3 Å². The maximum absolute atomic E-state index is 13.6. The van der Waals surface area contributed by atoms with Crippen molar-refractivity contribution in [3.05, 3.63) is 28.0 Å². The van der Waals surface area contributed by atoms with Gasteiger partial charge in [-0.3, -0.25) is 0 Å². The number of halogens is 2. The van der Waals surface area contributed by atoms with Crippen LogP contribution >= 0.6 is 15.9 Å². The molecule has 0 aromatic heterocycles.